The molecule has 0 aliphatic rings. The Bertz CT molecular complexity index is 1120. The smallest absolute Gasteiger partial charge is 0.234 e. The van der Waals surface area contributed by atoms with Crippen molar-refractivity contribution in [3.05, 3.63) is 53.5 Å². The average molecular weight is 442 g/mol. The van der Waals surface area contributed by atoms with E-state index in [1.54, 1.807) is 11.4 Å². The molecule has 0 atom stereocenters. The van der Waals surface area contributed by atoms with Crippen molar-refractivity contribution in [2.75, 3.05) is 16.8 Å². The van der Waals surface area contributed by atoms with E-state index >= 15 is 0 Å². The molecule has 0 unspecified atom stereocenters. The average Bonchev–Trinajstić information content (AvgIpc) is 3.18. The predicted molar refractivity (Wildman–Crippen MR) is 102 cm³/mol. The SMILES string of the molecule is Nc1nc(SCC(=O)Nc2cc(F)ccc2F)ncc1S(=O)(=O)c1cccs1. The molecule has 3 rings (SSSR count). The number of nitrogen functional groups attached to an aromatic ring is 1. The normalized spacial score (nSPS) is 11.4. The van der Waals surface area contributed by atoms with Crippen LogP contribution in [-0.2, 0) is 14.6 Å². The monoisotopic (exact) mass is 442 g/mol. The topological polar surface area (TPSA) is 115 Å². The highest BCUT2D eigenvalue weighted by Crippen LogP contribution is 2.28. The summed E-state index contributed by atoms with van der Waals surface area (Å²) >= 11 is 1.91. The zero-order valence-electron chi connectivity index (χ0n) is 13.9. The summed E-state index contributed by atoms with van der Waals surface area (Å²) in [5.41, 5.74) is 5.46. The van der Waals surface area contributed by atoms with Gasteiger partial charge in [-0.3, -0.25) is 4.79 Å². The van der Waals surface area contributed by atoms with Gasteiger partial charge in [0.15, 0.2) is 5.16 Å². The number of thioether (sulfide) groups is 1. The lowest BCUT2D eigenvalue weighted by molar-refractivity contribution is -0.113. The van der Waals surface area contributed by atoms with Gasteiger partial charge >= 0.3 is 0 Å². The van der Waals surface area contributed by atoms with Gasteiger partial charge in [0.05, 0.1) is 17.6 Å². The van der Waals surface area contributed by atoms with Crippen molar-refractivity contribution < 1.29 is 22.0 Å². The molecular weight excluding hydrogens is 430 g/mol. The Hall–Kier alpha value is -2.57. The van der Waals surface area contributed by atoms with Gasteiger partial charge in [-0.2, -0.15) is 0 Å². The first kappa shape index (κ1) is 20.2. The van der Waals surface area contributed by atoms with E-state index in [0.717, 1.165) is 47.5 Å². The number of rotatable bonds is 6. The molecule has 12 heteroatoms. The molecular formula is C16H12F2N4O3S3. The second kappa shape index (κ2) is 8.20. The molecule has 0 radical (unpaired) electrons. The van der Waals surface area contributed by atoms with E-state index in [9.17, 15) is 22.0 Å². The minimum absolute atomic E-state index is 0.0671. The molecule has 0 fully saturated rings. The first-order chi connectivity index (χ1) is 13.3. The van der Waals surface area contributed by atoms with Gasteiger partial charge in [0.1, 0.15) is 26.6 Å². The second-order valence-electron chi connectivity index (χ2n) is 5.30. The molecule has 2 heterocycles. The van der Waals surface area contributed by atoms with E-state index in [1.807, 2.05) is 0 Å². The largest absolute Gasteiger partial charge is 0.382 e. The number of halogens is 2. The summed E-state index contributed by atoms with van der Waals surface area (Å²) in [5, 5.41) is 3.92. The lowest BCUT2D eigenvalue weighted by Gasteiger charge is -2.08. The number of carbonyl (C=O) groups is 1. The van der Waals surface area contributed by atoms with Gasteiger partial charge in [0, 0.05) is 6.07 Å². The molecule has 28 heavy (non-hydrogen) atoms. The van der Waals surface area contributed by atoms with Crippen LogP contribution < -0.4 is 11.1 Å². The van der Waals surface area contributed by atoms with Crippen LogP contribution in [0.2, 0.25) is 0 Å². The molecule has 3 N–H and O–H groups in total. The van der Waals surface area contributed by atoms with Crippen molar-refractivity contribution in [1.29, 1.82) is 0 Å². The first-order valence-electron chi connectivity index (χ1n) is 7.56. The molecule has 0 saturated heterocycles. The van der Waals surface area contributed by atoms with Gasteiger partial charge in [-0.25, -0.2) is 27.2 Å². The molecule has 3 aromatic rings. The van der Waals surface area contributed by atoms with E-state index in [-0.39, 0.29) is 31.5 Å². The summed E-state index contributed by atoms with van der Waals surface area (Å²) in [5.74, 6) is -2.55. The number of carbonyl (C=O) groups excluding carboxylic acids is 1. The second-order valence-corrected chi connectivity index (χ2v) is 9.33. The molecule has 0 aliphatic carbocycles. The number of aromatic nitrogens is 2. The summed E-state index contributed by atoms with van der Waals surface area (Å²) in [6, 6.07) is 5.73. The van der Waals surface area contributed by atoms with Crippen molar-refractivity contribution in [3.63, 3.8) is 0 Å². The van der Waals surface area contributed by atoms with Gasteiger partial charge in [-0.1, -0.05) is 17.8 Å². The summed E-state index contributed by atoms with van der Waals surface area (Å²) in [6.07, 6.45) is 1.07. The standard InChI is InChI=1S/C16H12F2N4O3S3/c17-9-3-4-10(18)11(6-9)21-13(23)8-27-16-20-7-12(15(19)22-16)28(24,25)14-2-1-5-26-14/h1-7H,8H2,(H,21,23)(H2,19,20,22). The van der Waals surface area contributed by atoms with Crippen LogP contribution in [0.5, 0.6) is 0 Å². The van der Waals surface area contributed by atoms with E-state index in [4.69, 9.17) is 5.73 Å². The van der Waals surface area contributed by atoms with Crippen LogP contribution in [0.4, 0.5) is 20.3 Å². The van der Waals surface area contributed by atoms with Crippen LogP contribution >= 0.6 is 23.1 Å². The highest BCUT2D eigenvalue weighted by Gasteiger charge is 2.23. The molecule has 0 spiro atoms. The third kappa shape index (κ3) is 4.46. The van der Waals surface area contributed by atoms with Crippen molar-refractivity contribution in [3.8, 4) is 0 Å². The lowest BCUT2D eigenvalue weighted by atomic mass is 10.3. The maximum absolute atomic E-state index is 13.5. The molecule has 146 valence electrons. The van der Waals surface area contributed by atoms with Crippen LogP contribution in [0, 0.1) is 11.6 Å². The van der Waals surface area contributed by atoms with Crippen molar-refractivity contribution in [2.24, 2.45) is 0 Å². The third-order valence-electron chi connectivity index (χ3n) is 3.35. The van der Waals surface area contributed by atoms with Crippen molar-refractivity contribution >= 4 is 50.3 Å². The number of thiophene rings is 1. The molecule has 0 saturated carbocycles. The summed E-state index contributed by atoms with van der Waals surface area (Å²) in [6.45, 7) is 0. The molecule has 0 aliphatic heterocycles. The summed E-state index contributed by atoms with van der Waals surface area (Å²) < 4.78 is 51.7. The molecule has 0 bridgehead atoms. The fourth-order valence-electron chi connectivity index (χ4n) is 2.08. The molecule has 2 aromatic heterocycles. The van der Waals surface area contributed by atoms with Gasteiger partial charge in [-0.15, -0.1) is 11.3 Å². The Balaban J connectivity index is 1.68. The van der Waals surface area contributed by atoms with E-state index in [1.165, 1.54) is 6.07 Å². The number of sulfone groups is 1. The Morgan fingerprint density at radius 1 is 1.29 bits per heavy atom. The quantitative estimate of drug-likeness (QED) is 0.445. The predicted octanol–water partition coefficient (Wildman–Crippen LogP) is 2.96. The van der Waals surface area contributed by atoms with Crippen molar-refractivity contribution in [1.82, 2.24) is 9.97 Å². The van der Waals surface area contributed by atoms with Crippen LogP contribution in [0.1, 0.15) is 0 Å². The third-order valence-corrected chi connectivity index (χ3v) is 7.37. The molecule has 1 amide bonds. The number of nitrogens with one attached hydrogen (secondary N) is 1. The van der Waals surface area contributed by atoms with Crippen molar-refractivity contribution in [2.45, 2.75) is 14.3 Å². The van der Waals surface area contributed by atoms with Crippen LogP contribution in [0.3, 0.4) is 0 Å². The Morgan fingerprint density at radius 3 is 2.75 bits per heavy atom. The van der Waals surface area contributed by atoms with Crippen LogP contribution in [-0.4, -0.2) is 30.0 Å². The Kier molecular flexibility index (Phi) is 5.91. The van der Waals surface area contributed by atoms with Gasteiger partial charge in [0.2, 0.25) is 15.7 Å². The van der Waals surface area contributed by atoms with E-state index in [2.05, 4.69) is 15.3 Å². The number of anilines is 2. The van der Waals surface area contributed by atoms with Gasteiger partial charge < -0.3 is 11.1 Å². The van der Waals surface area contributed by atoms with E-state index < -0.39 is 27.4 Å². The van der Waals surface area contributed by atoms with Gasteiger partial charge in [0.25, 0.3) is 0 Å². The fraction of sp³-hybridized carbons (Fsp3) is 0.0625. The highest BCUT2D eigenvalue weighted by molar-refractivity contribution is 7.99. The van der Waals surface area contributed by atoms with E-state index in [0.29, 0.717) is 0 Å². The van der Waals surface area contributed by atoms with Gasteiger partial charge in [-0.05, 0) is 23.6 Å². The number of nitrogens with zero attached hydrogens (tertiary/aromatic N) is 2. The Morgan fingerprint density at radius 2 is 2.07 bits per heavy atom. The highest BCUT2D eigenvalue weighted by atomic mass is 32.2. The summed E-state index contributed by atoms with van der Waals surface area (Å²) in [4.78, 5) is 19.5. The lowest BCUT2D eigenvalue weighted by Crippen LogP contribution is -2.15. The number of hydrogen-bond donors (Lipinski definition) is 2. The maximum Gasteiger partial charge on any atom is 0.234 e. The van der Waals surface area contributed by atoms with Crippen LogP contribution in [0.15, 0.2) is 56.2 Å². The summed E-state index contributed by atoms with van der Waals surface area (Å²) in [7, 11) is -3.82. The molecule has 1 aromatic carbocycles. The molecule has 7 nitrogen and oxygen atoms in total. The number of benzene rings is 1. The zero-order valence-corrected chi connectivity index (χ0v) is 16.4. The number of nitrogens with two attached hydrogens (primary N) is 1. The number of hydrogen-bond acceptors (Lipinski definition) is 8. The fourth-order valence-corrected chi connectivity index (χ4v) is 5.08. The maximum atomic E-state index is 13.5. The Labute approximate surface area is 166 Å². The zero-order chi connectivity index (χ0) is 20.3. The number of amides is 1. The minimum atomic E-state index is -3.82. The minimum Gasteiger partial charge on any atom is -0.382 e. The first-order valence-corrected chi connectivity index (χ1v) is 10.9. The van der Waals surface area contributed by atoms with Crippen LogP contribution in [0.25, 0.3) is 0 Å².